The fourth-order valence-corrected chi connectivity index (χ4v) is 3.27. The summed E-state index contributed by atoms with van der Waals surface area (Å²) >= 11 is 5.67. The van der Waals surface area contributed by atoms with Crippen molar-refractivity contribution in [2.45, 2.75) is 24.1 Å². The average Bonchev–Trinajstić information content (AvgIpc) is 2.79. The number of rotatable bonds is 2. The van der Waals surface area contributed by atoms with Crippen molar-refractivity contribution in [3.05, 3.63) is 47.1 Å². The molecule has 0 aliphatic heterocycles. The molecule has 1 aromatic heterocycles. The Morgan fingerprint density at radius 1 is 1.29 bits per heavy atom. The summed E-state index contributed by atoms with van der Waals surface area (Å²) in [5, 5.41) is 4.03. The lowest BCUT2D eigenvalue weighted by atomic mass is 10.0. The molecule has 86 valence electrons. The second-order valence-corrected chi connectivity index (χ2v) is 5.07. The first-order chi connectivity index (χ1) is 8.38. The third-order valence-corrected chi connectivity index (χ3v) is 4.16. The van der Waals surface area contributed by atoms with Crippen molar-refractivity contribution in [2.24, 2.45) is 5.92 Å². The van der Waals surface area contributed by atoms with Crippen LogP contribution in [0.5, 0.6) is 0 Å². The molecule has 0 N–H and O–H groups in total. The Morgan fingerprint density at radius 2 is 2.18 bits per heavy atom. The van der Waals surface area contributed by atoms with E-state index in [1.54, 1.807) is 0 Å². The molecule has 1 fully saturated rings. The van der Waals surface area contributed by atoms with Crippen LogP contribution in [0, 0.1) is 5.92 Å². The Labute approximate surface area is 104 Å². The van der Waals surface area contributed by atoms with Crippen LogP contribution in [0.15, 0.2) is 28.8 Å². The van der Waals surface area contributed by atoms with Gasteiger partial charge in [0.05, 0.1) is 0 Å². The quantitative estimate of drug-likeness (QED) is 0.765. The van der Waals surface area contributed by atoms with E-state index in [0.717, 1.165) is 12.2 Å². The summed E-state index contributed by atoms with van der Waals surface area (Å²) in [6.07, 6.45) is 1.15. The highest BCUT2D eigenvalue weighted by Crippen LogP contribution is 2.65. The van der Waals surface area contributed by atoms with Gasteiger partial charge in [0.15, 0.2) is 5.82 Å². The van der Waals surface area contributed by atoms with Crippen molar-refractivity contribution >= 4 is 11.6 Å². The van der Waals surface area contributed by atoms with Crippen molar-refractivity contribution in [2.75, 3.05) is 0 Å². The van der Waals surface area contributed by atoms with Crippen molar-refractivity contribution in [1.82, 2.24) is 10.1 Å². The molecule has 0 amide bonds. The summed E-state index contributed by atoms with van der Waals surface area (Å²) in [4.78, 5) is 4.34. The van der Waals surface area contributed by atoms with Crippen LogP contribution in [0.3, 0.4) is 0 Å². The van der Waals surface area contributed by atoms with Gasteiger partial charge in [-0.05, 0) is 29.4 Å². The van der Waals surface area contributed by atoms with Crippen LogP contribution in [-0.4, -0.2) is 10.1 Å². The van der Waals surface area contributed by atoms with Crippen LogP contribution in [0.4, 0.5) is 0 Å². The zero-order valence-electron chi connectivity index (χ0n) is 9.14. The minimum atomic E-state index is 0.297. The molecule has 0 bridgehead atoms. The van der Waals surface area contributed by atoms with E-state index in [4.69, 9.17) is 16.1 Å². The summed E-state index contributed by atoms with van der Waals surface area (Å²) in [5.41, 5.74) is 2.96. The van der Waals surface area contributed by atoms with Crippen molar-refractivity contribution in [1.29, 1.82) is 0 Å². The first-order valence-electron chi connectivity index (χ1n) is 5.84. The molecule has 4 rings (SSSR count). The standard InChI is InChI=1S/C13H11ClN2O/c14-6-10-15-13(16-17-10)12-9-5-7-3-1-2-4-8(7)11(9)12/h1-4,9,11-12H,5-6H2/t9-,11+,12+/m1/s1. The number of halogens is 1. The van der Waals surface area contributed by atoms with Crippen molar-refractivity contribution < 1.29 is 4.52 Å². The first-order valence-corrected chi connectivity index (χ1v) is 6.38. The molecule has 0 spiro atoms. The van der Waals surface area contributed by atoms with Gasteiger partial charge in [-0.25, -0.2) is 0 Å². The summed E-state index contributed by atoms with van der Waals surface area (Å²) in [6.45, 7) is 0. The van der Waals surface area contributed by atoms with Gasteiger partial charge in [0.1, 0.15) is 5.88 Å². The molecule has 1 saturated carbocycles. The fraction of sp³-hybridized carbons (Fsp3) is 0.385. The van der Waals surface area contributed by atoms with Gasteiger partial charge in [0.25, 0.3) is 0 Å². The maximum Gasteiger partial charge on any atom is 0.241 e. The number of alkyl halides is 1. The molecule has 0 radical (unpaired) electrons. The van der Waals surface area contributed by atoms with Crippen LogP contribution in [-0.2, 0) is 12.3 Å². The summed E-state index contributed by atoms with van der Waals surface area (Å²) in [7, 11) is 0. The molecule has 3 nitrogen and oxygen atoms in total. The summed E-state index contributed by atoms with van der Waals surface area (Å²) in [6, 6.07) is 8.66. The maximum absolute atomic E-state index is 5.67. The monoisotopic (exact) mass is 246 g/mol. The van der Waals surface area contributed by atoms with E-state index < -0.39 is 0 Å². The second-order valence-electron chi connectivity index (χ2n) is 4.80. The number of benzene rings is 1. The van der Waals surface area contributed by atoms with Crippen LogP contribution < -0.4 is 0 Å². The zero-order chi connectivity index (χ0) is 11.4. The van der Waals surface area contributed by atoms with E-state index >= 15 is 0 Å². The summed E-state index contributed by atoms with van der Waals surface area (Å²) in [5.74, 6) is 3.39. The number of nitrogens with zero attached hydrogens (tertiary/aromatic N) is 2. The van der Waals surface area contributed by atoms with Gasteiger partial charge in [0.2, 0.25) is 5.89 Å². The van der Waals surface area contributed by atoms with E-state index in [2.05, 4.69) is 34.4 Å². The molecule has 1 aromatic carbocycles. The van der Waals surface area contributed by atoms with Crippen molar-refractivity contribution in [3.63, 3.8) is 0 Å². The highest BCUT2D eigenvalue weighted by molar-refractivity contribution is 6.16. The second kappa shape index (κ2) is 3.33. The number of hydrogen-bond donors (Lipinski definition) is 0. The highest BCUT2D eigenvalue weighted by Gasteiger charge is 2.58. The molecule has 1 heterocycles. The number of fused-ring (bicyclic) bond motifs is 3. The third-order valence-electron chi connectivity index (χ3n) is 3.93. The van der Waals surface area contributed by atoms with E-state index in [-0.39, 0.29) is 0 Å². The van der Waals surface area contributed by atoms with Gasteiger partial charge in [-0.2, -0.15) is 4.98 Å². The lowest BCUT2D eigenvalue weighted by molar-refractivity contribution is 0.383. The molecule has 0 saturated heterocycles. The van der Waals surface area contributed by atoms with E-state index in [9.17, 15) is 0 Å². The van der Waals surface area contributed by atoms with E-state index in [1.807, 2.05) is 0 Å². The first kappa shape index (κ1) is 9.66. The molecular formula is C13H11ClN2O. The van der Waals surface area contributed by atoms with Gasteiger partial charge < -0.3 is 4.52 Å². The molecule has 2 aliphatic carbocycles. The van der Waals surface area contributed by atoms with E-state index in [1.165, 1.54) is 11.1 Å². The lowest BCUT2D eigenvalue weighted by Gasteiger charge is -2.03. The Hall–Kier alpha value is -1.35. The van der Waals surface area contributed by atoms with Crippen LogP contribution in [0.2, 0.25) is 0 Å². The molecular weight excluding hydrogens is 236 g/mol. The third kappa shape index (κ3) is 1.29. The van der Waals surface area contributed by atoms with Crippen LogP contribution >= 0.6 is 11.6 Å². The Bertz CT molecular complexity index is 580. The van der Waals surface area contributed by atoms with Gasteiger partial charge in [-0.1, -0.05) is 29.4 Å². The topological polar surface area (TPSA) is 38.9 Å². The minimum Gasteiger partial charge on any atom is -0.338 e. The molecule has 0 unspecified atom stereocenters. The van der Waals surface area contributed by atoms with Crippen LogP contribution in [0.25, 0.3) is 0 Å². The Balaban J connectivity index is 1.66. The fourth-order valence-electron chi connectivity index (χ4n) is 3.16. The predicted molar refractivity (Wildman–Crippen MR) is 63.0 cm³/mol. The smallest absolute Gasteiger partial charge is 0.241 e. The SMILES string of the molecule is ClCc1nc([C@H]2[C@@H]3Cc4ccccc4[C@@H]32)no1. The van der Waals surface area contributed by atoms with Gasteiger partial charge in [-0.15, -0.1) is 11.6 Å². The Kier molecular flexibility index (Phi) is 1.89. The number of aromatic nitrogens is 2. The van der Waals surface area contributed by atoms with Gasteiger partial charge in [-0.3, -0.25) is 0 Å². The molecule has 2 aromatic rings. The highest BCUT2D eigenvalue weighted by atomic mass is 35.5. The average molecular weight is 247 g/mol. The van der Waals surface area contributed by atoms with Gasteiger partial charge >= 0.3 is 0 Å². The van der Waals surface area contributed by atoms with E-state index in [0.29, 0.717) is 29.5 Å². The van der Waals surface area contributed by atoms with Crippen molar-refractivity contribution in [3.8, 4) is 0 Å². The maximum atomic E-state index is 5.67. The number of hydrogen-bond acceptors (Lipinski definition) is 3. The Morgan fingerprint density at radius 3 is 3.00 bits per heavy atom. The van der Waals surface area contributed by atoms with Gasteiger partial charge in [0, 0.05) is 5.92 Å². The molecule has 2 aliphatic rings. The predicted octanol–water partition coefficient (Wildman–Crippen LogP) is 2.86. The lowest BCUT2D eigenvalue weighted by Crippen LogP contribution is -1.95. The zero-order valence-corrected chi connectivity index (χ0v) is 9.89. The van der Waals surface area contributed by atoms with Crippen LogP contribution in [0.1, 0.15) is 34.7 Å². The molecule has 3 atom stereocenters. The summed E-state index contributed by atoms with van der Waals surface area (Å²) < 4.78 is 5.08. The largest absolute Gasteiger partial charge is 0.338 e. The minimum absolute atomic E-state index is 0.297. The molecule has 4 heteroatoms. The molecule has 17 heavy (non-hydrogen) atoms. The normalized spacial score (nSPS) is 28.9.